The van der Waals surface area contributed by atoms with E-state index in [-0.39, 0.29) is 37.1 Å². The van der Waals surface area contributed by atoms with E-state index >= 15 is 0 Å². The summed E-state index contributed by atoms with van der Waals surface area (Å²) in [5.74, 6) is 0.500. The zero-order chi connectivity index (χ0) is 22.5. The summed E-state index contributed by atoms with van der Waals surface area (Å²) in [7, 11) is 0. The number of ether oxygens (including phenoxy) is 2. The predicted molar refractivity (Wildman–Crippen MR) is 116 cm³/mol. The van der Waals surface area contributed by atoms with Gasteiger partial charge in [0, 0.05) is 24.9 Å². The Kier molecular flexibility index (Phi) is 11.8. The van der Waals surface area contributed by atoms with E-state index in [2.05, 4.69) is 11.9 Å². The van der Waals surface area contributed by atoms with Crippen LogP contribution in [0.2, 0.25) is 0 Å². The first-order valence-electron chi connectivity index (χ1n) is 10.4. The number of benzene rings is 1. The van der Waals surface area contributed by atoms with Gasteiger partial charge in [-0.2, -0.15) is 0 Å². The highest BCUT2D eigenvalue weighted by Gasteiger charge is 2.18. The van der Waals surface area contributed by atoms with E-state index in [0.29, 0.717) is 49.3 Å². The second kappa shape index (κ2) is 13.8. The van der Waals surface area contributed by atoms with Crippen molar-refractivity contribution in [3.8, 4) is 11.5 Å². The molecule has 0 fully saturated rings. The SMILES string of the molecule is C=CCOCC(O)COc1c(CCC(C)=O)cc(CCC(=O)NCCC)c(O)c1C. The number of nitrogens with one attached hydrogen (secondary N) is 1. The molecule has 0 spiro atoms. The molecule has 30 heavy (non-hydrogen) atoms. The average Bonchev–Trinajstić information content (AvgIpc) is 2.71. The van der Waals surface area contributed by atoms with Gasteiger partial charge in [0.25, 0.3) is 0 Å². The molecule has 0 aromatic heterocycles. The van der Waals surface area contributed by atoms with Crippen LogP contribution in [0.4, 0.5) is 0 Å². The second-order valence-corrected chi connectivity index (χ2v) is 7.34. The summed E-state index contributed by atoms with van der Waals surface area (Å²) in [6, 6.07) is 1.79. The minimum Gasteiger partial charge on any atom is -0.507 e. The summed E-state index contributed by atoms with van der Waals surface area (Å²) in [4.78, 5) is 23.4. The Balaban J connectivity index is 2.96. The fourth-order valence-corrected chi connectivity index (χ4v) is 2.94. The van der Waals surface area contributed by atoms with Gasteiger partial charge >= 0.3 is 0 Å². The summed E-state index contributed by atoms with van der Waals surface area (Å²) in [5, 5.41) is 23.5. The molecule has 1 rings (SSSR count). The molecule has 3 N–H and O–H groups in total. The minimum atomic E-state index is -0.839. The highest BCUT2D eigenvalue weighted by atomic mass is 16.5. The number of hydrogen-bond donors (Lipinski definition) is 3. The summed E-state index contributed by atoms with van der Waals surface area (Å²) >= 11 is 0. The predicted octanol–water partition coefficient (Wildman–Crippen LogP) is 2.62. The Bertz CT molecular complexity index is 716. The zero-order valence-corrected chi connectivity index (χ0v) is 18.3. The van der Waals surface area contributed by atoms with E-state index < -0.39 is 6.10 Å². The van der Waals surface area contributed by atoms with Gasteiger partial charge in [0.15, 0.2) is 0 Å². The number of aromatic hydroxyl groups is 1. The molecule has 1 atom stereocenters. The number of aliphatic hydroxyl groups is 1. The Hall–Kier alpha value is -2.38. The van der Waals surface area contributed by atoms with Crippen molar-refractivity contribution in [2.45, 2.75) is 59.0 Å². The van der Waals surface area contributed by atoms with Gasteiger partial charge in [-0.1, -0.05) is 13.0 Å². The van der Waals surface area contributed by atoms with Crippen LogP contribution in [0, 0.1) is 6.92 Å². The number of hydrogen-bond acceptors (Lipinski definition) is 6. The van der Waals surface area contributed by atoms with Gasteiger partial charge in [0.2, 0.25) is 5.91 Å². The molecule has 0 aliphatic rings. The van der Waals surface area contributed by atoms with Crippen LogP contribution in [0.3, 0.4) is 0 Å². The molecule has 0 bridgehead atoms. The second-order valence-electron chi connectivity index (χ2n) is 7.34. The fourth-order valence-electron chi connectivity index (χ4n) is 2.94. The van der Waals surface area contributed by atoms with Crippen LogP contribution in [0.25, 0.3) is 0 Å². The fraction of sp³-hybridized carbons (Fsp3) is 0.565. The maximum atomic E-state index is 11.9. The van der Waals surface area contributed by atoms with Gasteiger partial charge in [-0.15, -0.1) is 6.58 Å². The number of phenolic OH excluding ortho intramolecular Hbond substituents is 1. The Labute approximate surface area is 179 Å². The van der Waals surface area contributed by atoms with Gasteiger partial charge in [-0.25, -0.2) is 0 Å². The third-order valence-corrected chi connectivity index (χ3v) is 4.55. The van der Waals surface area contributed by atoms with Crippen molar-refractivity contribution in [3.05, 3.63) is 35.4 Å². The lowest BCUT2D eigenvalue weighted by Crippen LogP contribution is -2.24. The van der Waals surface area contributed by atoms with E-state index in [9.17, 15) is 19.8 Å². The average molecular weight is 422 g/mol. The lowest BCUT2D eigenvalue weighted by molar-refractivity contribution is -0.121. The van der Waals surface area contributed by atoms with Crippen molar-refractivity contribution in [3.63, 3.8) is 0 Å². The number of Topliss-reactive ketones (excluding diaryl/α,β-unsaturated/α-hetero) is 1. The molecule has 1 unspecified atom stereocenters. The Morgan fingerprint density at radius 2 is 1.93 bits per heavy atom. The van der Waals surface area contributed by atoms with E-state index in [1.807, 2.05) is 6.92 Å². The lowest BCUT2D eigenvalue weighted by Gasteiger charge is -2.20. The van der Waals surface area contributed by atoms with Gasteiger partial charge in [-0.3, -0.25) is 4.79 Å². The molecule has 0 heterocycles. The Morgan fingerprint density at radius 3 is 2.57 bits per heavy atom. The van der Waals surface area contributed by atoms with E-state index in [4.69, 9.17) is 9.47 Å². The lowest BCUT2D eigenvalue weighted by atomic mass is 9.96. The molecule has 7 nitrogen and oxygen atoms in total. The highest BCUT2D eigenvalue weighted by Crippen LogP contribution is 2.36. The van der Waals surface area contributed by atoms with Crippen molar-refractivity contribution < 1.29 is 29.3 Å². The molecule has 0 aliphatic carbocycles. The van der Waals surface area contributed by atoms with Crippen LogP contribution >= 0.6 is 0 Å². The first kappa shape index (κ1) is 25.7. The number of carbonyl (C=O) groups is 2. The summed E-state index contributed by atoms with van der Waals surface area (Å²) in [5.41, 5.74) is 1.93. The van der Waals surface area contributed by atoms with Crippen LogP contribution in [0.5, 0.6) is 11.5 Å². The molecule has 7 heteroatoms. The molecule has 0 aliphatic heterocycles. The normalized spacial score (nSPS) is 11.7. The first-order valence-corrected chi connectivity index (χ1v) is 10.4. The quantitative estimate of drug-likeness (QED) is 0.297. The smallest absolute Gasteiger partial charge is 0.220 e. The maximum Gasteiger partial charge on any atom is 0.220 e. The molecule has 1 amide bonds. The third-order valence-electron chi connectivity index (χ3n) is 4.55. The number of amides is 1. The van der Waals surface area contributed by atoms with Crippen molar-refractivity contribution in [2.24, 2.45) is 0 Å². The monoisotopic (exact) mass is 421 g/mol. The molecule has 0 saturated carbocycles. The first-order chi connectivity index (χ1) is 14.3. The number of phenols is 1. The topological polar surface area (TPSA) is 105 Å². The highest BCUT2D eigenvalue weighted by molar-refractivity contribution is 5.77. The molecular formula is C23H35NO6. The van der Waals surface area contributed by atoms with Crippen molar-refractivity contribution >= 4 is 11.7 Å². The van der Waals surface area contributed by atoms with E-state index in [0.717, 1.165) is 12.0 Å². The van der Waals surface area contributed by atoms with Gasteiger partial charge < -0.3 is 29.8 Å². The summed E-state index contributed by atoms with van der Waals surface area (Å²) in [6.07, 6.45) is 3.05. The number of rotatable bonds is 15. The van der Waals surface area contributed by atoms with Crippen LogP contribution < -0.4 is 10.1 Å². The standard InChI is InChI=1S/C23H35NO6/c1-5-11-24-21(27)10-9-18-13-19(8-7-16(3)25)23(17(4)22(18)28)30-15-20(26)14-29-12-6-2/h6,13,20,26,28H,2,5,7-12,14-15H2,1,3-4H3,(H,24,27). The van der Waals surface area contributed by atoms with Crippen LogP contribution in [-0.2, 0) is 27.2 Å². The largest absolute Gasteiger partial charge is 0.507 e. The summed E-state index contributed by atoms with van der Waals surface area (Å²) < 4.78 is 11.0. The Morgan fingerprint density at radius 1 is 1.23 bits per heavy atom. The van der Waals surface area contributed by atoms with Gasteiger partial charge in [0.1, 0.15) is 30.0 Å². The van der Waals surface area contributed by atoms with Crippen LogP contribution in [0.1, 0.15) is 49.8 Å². The van der Waals surface area contributed by atoms with E-state index in [1.165, 1.54) is 6.92 Å². The van der Waals surface area contributed by atoms with Crippen molar-refractivity contribution in [2.75, 3.05) is 26.4 Å². The van der Waals surface area contributed by atoms with Gasteiger partial charge in [-0.05, 0) is 50.3 Å². The number of ketones is 1. The molecule has 1 aromatic rings. The zero-order valence-electron chi connectivity index (χ0n) is 18.3. The molecule has 0 radical (unpaired) electrons. The number of carbonyl (C=O) groups excluding carboxylic acids is 2. The molecule has 1 aromatic carbocycles. The third kappa shape index (κ3) is 8.97. The van der Waals surface area contributed by atoms with Crippen molar-refractivity contribution in [1.29, 1.82) is 0 Å². The molecule has 0 saturated heterocycles. The molecular weight excluding hydrogens is 386 g/mol. The van der Waals surface area contributed by atoms with Crippen LogP contribution in [-0.4, -0.2) is 54.4 Å². The number of aryl methyl sites for hydroxylation is 2. The van der Waals surface area contributed by atoms with E-state index in [1.54, 1.807) is 19.1 Å². The van der Waals surface area contributed by atoms with Crippen LogP contribution in [0.15, 0.2) is 18.7 Å². The van der Waals surface area contributed by atoms with Crippen molar-refractivity contribution in [1.82, 2.24) is 5.32 Å². The summed E-state index contributed by atoms with van der Waals surface area (Å²) in [6.45, 7) is 9.83. The minimum absolute atomic E-state index is 0.0107. The number of aliphatic hydroxyl groups excluding tert-OH is 1. The van der Waals surface area contributed by atoms with Gasteiger partial charge in [0.05, 0.1) is 13.2 Å². The maximum absolute atomic E-state index is 11.9. The molecule has 168 valence electrons.